The van der Waals surface area contributed by atoms with E-state index in [1.807, 2.05) is 18.3 Å². The van der Waals surface area contributed by atoms with Gasteiger partial charge in [0.1, 0.15) is 0 Å². The monoisotopic (exact) mass is 401 g/mol. The lowest BCUT2D eigenvalue weighted by atomic mass is 9.79. The van der Waals surface area contributed by atoms with Gasteiger partial charge in [-0.3, -0.25) is 4.99 Å². The first kappa shape index (κ1) is 21.4. The van der Waals surface area contributed by atoms with E-state index >= 15 is 0 Å². The van der Waals surface area contributed by atoms with E-state index in [1.54, 1.807) is 11.8 Å². The van der Waals surface area contributed by atoms with Gasteiger partial charge in [0.05, 0.1) is 5.69 Å². The van der Waals surface area contributed by atoms with Crippen LogP contribution in [0.3, 0.4) is 0 Å². The van der Waals surface area contributed by atoms with Crippen LogP contribution >= 0.6 is 11.8 Å². The smallest absolute Gasteiger partial charge is 0.0769 e. The van der Waals surface area contributed by atoms with Crippen molar-refractivity contribution in [1.29, 1.82) is 0 Å². The molecule has 0 N–H and O–H groups in total. The van der Waals surface area contributed by atoms with Gasteiger partial charge in [0.2, 0.25) is 0 Å². The molecule has 0 unspecified atom stereocenters. The van der Waals surface area contributed by atoms with E-state index in [0.717, 1.165) is 16.1 Å². The average Bonchev–Trinajstić information content (AvgIpc) is 2.66. The molecule has 0 saturated heterocycles. The van der Waals surface area contributed by atoms with Crippen LogP contribution in [-0.4, -0.2) is 6.21 Å². The van der Waals surface area contributed by atoms with Gasteiger partial charge in [-0.2, -0.15) is 0 Å². The molecule has 0 heterocycles. The fourth-order valence-electron chi connectivity index (χ4n) is 3.00. The van der Waals surface area contributed by atoms with Crippen LogP contribution in [0.2, 0.25) is 0 Å². The zero-order valence-electron chi connectivity index (χ0n) is 18.4. The Morgan fingerprint density at radius 2 is 1.24 bits per heavy atom. The van der Waals surface area contributed by atoms with Gasteiger partial charge in [-0.15, -0.1) is 0 Å². The van der Waals surface area contributed by atoms with Gasteiger partial charge in [0, 0.05) is 16.0 Å². The van der Waals surface area contributed by atoms with Gasteiger partial charge >= 0.3 is 0 Å². The lowest BCUT2D eigenvalue weighted by molar-refractivity contribution is 0.568. The molecule has 0 aliphatic heterocycles. The minimum atomic E-state index is 0.102. The van der Waals surface area contributed by atoms with Crippen LogP contribution in [0.4, 0.5) is 5.69 Å². The molecule has 3 aromatic carbocycles. The summed E-state index contributed by atoms with van der Waals surface area (Å²) in [6, 6.07) is 25.7. The second-order valence-corrected chi connectivity index (χ2v) is 10.6. The molecule has 0 radical (unpaired) electrons. The van der Waals surface area contributed by atoms with Gasteiger partial charge in [-0.1, -0.05) is 89.7 Å². The van der Waals surface area contributed by atoms with Crippen molar-refractivity contribution in [2.75, 3.05) is 0 Å². The molecule has 3 aromatic rings. The highest BCUT2D eigenvalue weighted by atomic mass is 32.2. The highest BCUT2D eigenvalue weighted by Gasteiger charge is 2.20. The van der Waals surface area contributed by atoms with E-state index < -0.39 is 0 Å². The van der Waals surface area contributed by atoms with Crippen LogP contribution < -0.4 is 0 Å². The van der Waals surface area contributed by atoms with Crippen molar-refractivity contribution >= 4 is 23.7 Å². The van der Waals surface area contributed by atoms with Gasteiger partial charge < -0.3 is 0 Å². The number of para-hydroxylation sites is 1. The van der Waals surface area contributed by atoms with Gasteiger partial charge in [0.25, 0.3) is 0 Å². The predicted molar refractivity (Wildman–Crippen MR) is 128 cm³/mol. The summed E-state index contributed by atoms with van der Waals surface area (Å²) >= 11 is 1.75. The molecule has 2 heteroatoms. The summed E-state index contributed by atoms with van der Waals surface area (Å²) in [7, 11) is 0. The molecule has 0 aliphatic rings. The first-order chi connectivity index (χ1) is 13.6. The third-order valence-corrected chi connectivity index (χ3v) is 5.95. The Morgan fingerprint density at radius 3 is 1.83 bits per heavy atom. The van der Waals surface area contributed by atoms with Crippen LogP contribution in [0.1, 0.15) is 58.2 Å². The SMILES string of the molecule is CC(C)(C)c1cc(/C=N/c2ccccc2Sc2ccccc2)cc(C(C)(C)C)c1. The first-order valence-electron chi connectivity index (χ1n) is 10.1. The van der Waals surface area contributed by atoms with Crippen LogP contribution in [0.15, 0.2) is 87.6 Å². The number of aliphatic imine (C=N–C) groups is 1. The lowest BCUT2D eigenvalue weighted by Gasteiger charge is -2.25. The maximum absolute atomic E-state index is 4.87. The minimum absolute atomic E-state index is 0.102. The van der Waals surface area contributed by atoms with E-state index in [4.69, 9.17) is 4.99 Å². The maximum Gasteiger partial charge on any atom is 0.0769 e. The van der Waals surface area contributed by atoms with Crippen LogP contribution in [0.5, 0.6) is 0 Å². The second kappa shape index (κ2) is 8.59. The molecule has 0 aromatic heterocycles. The summed E-state index contributed by atoms with van der Waals surface area (Å²) in [5.41, 5.74) is 5.05. The Labute approximate surface area is 180 Å². The molecule has 0 atom stereocenters. The van der Waals surface area contributed by atoms with Crippen LogP contribution in [0, 0.1) is 0 Å². The molecular weight excluding hydrogens is 370 g/mol. The van der Waals surface area contributed by atoms with E-state index in [1.165, 1.54) is 16.0 Å². The Morgan fingerprint density at radius 1 is 0.690 bits per heavy atom. The predicted octanol–water partition coefficient (Wildman–Crippen LogP) is 8.18. The highest BCUT2D eigenvalue weighted by Crippen LogP contribution is 2.35. The van der Waals surface area contributed by atoms with Crippen LogP contribution in [0.25, 0.3) is 0 Å². The Kier molecular flexibility index (Phi) is 6.33. The first-order valence-corrected chi connectivity index (χ1v) is 11.0. The van der Waals surface area contributed by atoms with Gasteiger partial charge in [-0.05, 0) is 63.9 Å². The number of benzene rings is 3. The van der Waals surface area contributed by atoms with Crippen molar-refractivity contribution in [2.24, 2.45) is 4.99 Å². The number of rotatable bonds is 4. The molecule has 29 heavy (non-hydrogen) atoms. The maximum atomic E-state index is 4.87. The average molecular weight is 402 g/mol. The molecule has 0 aliphatic carbocycles. The van der Waals surface area contributed by atoms with E-state index in [-0.39, 0.29) is 10.8 Å². The summed E-state index contributed by atoms with van der Waals surface area (Å²) in [6.07, 6.45) is 2.01. The number of nitrogens with zero attached hydrogens (tertiary/aromatic N) is 1. The van der Waals surface area contributed by atoms with Crippen molar-refractivity contribution in [3.8, 4) is 0 Å². The summed E-state index contributed by atoms with van der Waals surface area (Å²) in [6.45, 7) is 13.6. The van der Waals surface area contributed by atoms with Crippen molar-refractivity contribution in [3.05, 3.63) is 89.5 Å². The summed E-state index contributed by atoms with van der Waals surface area (Å²) in [4.78, 5) is 7.26. The quantitative estimate of drug-likeness (QED) is 0.401. The van der Waals surface area contributed by atoms with E-state index in [0.29, 0.717) is 0 Å². The zero-order chi connectivity index (χ0) is 21.1. The Hall–Kier alpha value is -2.32. The third-order valence-electron chi connectivity index (χ3n) is 4.88. The topological polar surface area (TPSA) is 12.4 Å². The highest BCUT2D eigenvalue weighted by molar-refractivity contribution is 7.99. The Balaban J connectivity index is 1.96. The summed E-state index contributed by atoms with van der Waals surface area (Å²) in [5.74, 6) is 0. The molecule has 1 nitrogen and oxygen atoms in total. The van der Waals surface area contributed by atoms with Gasteiger partial charge in [-0.25, -0.2) is 0 Å². The molecule has 0 saturated carbocycles. The molecule has 150 valence electrons. The van der Waals surface area contributed by atoms with E-state index in [2.05, 4.69) is 102 Å². The number of hydrogen-bond donors (Lipinski definition) is 0. The second-order valence-electron chi connectivity index (χ2n) is 9.48. The standard InChI is InChI=1S/C27H31NS/c1-26(2,3)21-16-20(17-22(18-21)27(4,5)6)19-28-24-14-10-11-15-25(24)29-23-12-8-7-9-13-23/h7-19H,1-6H3/b28-19+. The molecule has 0 amide bonds. The Bertz CT molecular complexity index is 957. The lowest BCUT2D eigenvalue weighted by Crippen LogP contribution is -2.17. The third kappa shape index (κ3) is 5.83. The van der Waals surface area contributed by atoms with E-state index in [9.17, 15) is 0 Å². The molecular formula is C27H31NS. The van der Waals surface area contributed by atoms with Gasteiger partial charge in [0.15, 0.2) is 0 Å². The van der Waals surface area contributed by atoms with Crippen molar-refractivity contribution in [2.45, 2.75) is 62.2 Å². The zero-order valence-corrected chi connectivity index (χ0v) is 19.2. The largest absolute Gasteiger partial charge is 0.255 e. The van der Waals surface area contributed by atoms with Crippen LogP contribution in [-0.2, 0) is 10.8 Å². The van der Waals surface area contributed by atoms with Crippen molar-refractivity contribution in [1.82, 2.24) is 0 Å². The molecule has 0 spiro atoms. The normalized spacial score (nSPS) is 12.5. The van der Waals surface area contributed by atoms with Crippen molar-refractivity contribution < 1.29 is 0 Å². The fraction of sp³-hybridized carbons (Fsp3) is 0.296. The molecule has 0 bridgehead atoms. The minimum Gasteiger partial charge on any atom is -0.255 e. The van der Waals surface area contributed by atoms with Crippen molar-refractivity contribution in [3.63, 3.8) is 0 Å². The summed E-state index contributed by atoms with van der Waals surface area (Å²) in [5, 5.41) is 0. The fourth-order valence-corrected chi connectivity index (χ4v) is 3.92. The molecule has 3 rings (SSSR count). The molecule has 0 fully saturated rings. The summed E-state index contributed by atoms with van der Waals surface area (Å²) < 4.78 is 0. The number of hydrogen-bond acceptors (Lipinski definition) is 2.